The van der Waals surface area contributed by atoms with E-state index in [1.807, 2.05) is 12.1 Å². The van der Waals surface area contributed by atoms with Crippen molar-refractivity contribution in [2.24, 2.45) is 5.92 Å². The number of pyridine rings is 1. The summed E-state index contributed by atoms with van der Waals surface area (Å²) in [6.07, 6.45) is 9.02. The number of hydrogen-bond acceptors (Lipinski definition) is 3. The predicted molar refractivity (Wildman–Crippen MR) is 84.9 cm³/mol. The third kappa shape index (κ3) is 5.13. The molecule has 1 fully saturated rings. The summed E-state index contributed by atoms with van der Waals surface area (Å²) in [6, 6.07) is 3.81. The van der Waals surface area contributed by atoms with Crippen LogP contribution >= 0.6 is 0 Å². The SMILES string of the molecule is CC(=O)N(CCNC(=O)C1CCCCC1)Cc1cccnc1. The van der Waals surface area contributed by atoms with Crippen molar-refractivity contribution in [3.05, 3.63) is 30.1 Å². The smallest absolute Gasteiger partial charge is 0.223 e. The van der Waals surface area contributed by atoms with Gasteiger partial charge in [-0.15, -0.1) is 0 Å². The Morgan fingerprint density at radius 3 is 2.73 bits per heavy atom. The lowest BCUT2D eigenvalue weighted by atomic mass is 9.89. The second-order valence-electron chi connectivity index (χ2n) is 5.93. The summed E-state index contributed by atoms with van der Waals surface area (Å²) < 4.78 is 0. The lowest BCUT2D eigenvalue weighted by Crippen LogP contribution is -2.39. The molecule has 1 saturated carbocycles. The van der Waals surface area contributed by atoms with E-state index in [1.54, 1.807) is 24.2 Å². The van der Waals surface area contributed by atoms with Crippen molar-refractivity contribution < 1.29 is 9.59 Å². The van der Waals surface area contributed by atoms with Crippen LogP contribution in [0, 0.1) is 5.92 Å². The molecule has 2 amide bonds. The van der Waals surface area contributed by atoms with Gasteiger partial charge in [0, 0.05) is 44.9 Å². The van der Waals surface area contributed by atoms with Gasteiger partial charge in [-0.05, 0) is 24.5 Å². The number of aromatic nitrogens is 1. The van der Waals surface area contributed by atoms with Crippen molar-refractivity contribution in [3.8, 4) is 0 Å². The second-order valence-corrected chi connectivity index (χ2v) is 5.93. The molecule has 0 spiro atoms. The Labute approximate surface area is 132 Å². The highest BCUT2D eigenvalue weighted by atomic mass is 16.2. The lowest BCUT2D eigenvalue weighted by molar-refractivity contribution is -0.130. The Bertz CT molecular complexity index is 484. The average molecular weight is 303 g/mol. The van der Waals surface area contributed by atoms with Crippen molar-refractivity contribution in [2.45, 2.75) is 45.6 Å². The monoisotopic (exact) mass is 303 g/mol. The quantitative estimate of drug-likeness (QED) is 0.875. The number of carbonyl (C=O) groups excluding carboxylic acids is 2. The van der Waals surface area contributed by atoms with Gasteiger partial charge in [0.05, 0.1) is 0 Å². The molecule has 22 heavy (non-hydrogen) atoms. The average Bonchev–Trinajstić information content (AvgIpc) is 2.55. The van der Waals surface area contributed by atoms with Gasteiger partial charge < -0.3 is 10.2 Å². The van der Waals surface area contributed by atoms with Crippen molar-refractivity contribution >= 4 is 11.8 Å². The molecule has 1 aromatic heterocycles. The minimum absolute atomic E-state index is 0.00997. The zero-order valence-electron chi connectivity index (χ0n) is 13.3. The molecular weight excluding hydrogens is 278 g/mol. The molecular formula is C17H25N3O2. The largest absolute Gasteiger partial charge is 0.354 e. The summed E-state index contributed by atoms with van der Waals surface area (Å²) in [6.45, 7) is 3.12. The van der Waals surface area contributed by atoms with E-state index in [0.717, 1.165) is 31.2 Å². The predicted octanol–water partition coefficient (Wildman–Crippen LogP) is 2.13. The molecule has 0 unspecified atom stereocenters. The Morgan fingerprint density at radius 1 is 1.32 bits per heavy atom. The zero-order valence-corrected chi connectivity index (χ0v) is 13.3. The molecule has 0 radical (unpaired) electrons. The normalized spacial score (nSPS) is 15.3. The number of nitrogens with one attached hydrogen (secondary N) is 1. The first kappa shape index (κ1) is 16.5. The van der Waals surface area contributed by atoms with Crippen LogP contribution < -0.4 is 5.32 Å². The van der Waals surface area contributed by atoms with Crippen LogP contribution in [0.3, 0.4) is 0 Å². The third-order valence-corrected chi connectivity index (χ3v) is 4.20. The Kier molecular flexibility index (Phi) is 6.37. The van der Waals surface area contributed by atoms with Crippen LogP contribution in [-0.2, 0) is 16.1 Å². The van der Waals surface area contributed by atoms with Gasteiger partial charge in [-0.2, -0.15) is 0 Å². The third-order valence-electron chi connectivity index (χ3n) is 4.20. The summed E-state index contributed by atoms with van der Waals surface area (Å²) in [5.74, 6) is 0.318. The number of hydrogen-bond donors (Lipinski definition) is 1. The van der Waals surface area contributed by atoms with Crippen molar-refractivity contribution in [1.29, 1.82) is 0 Å². The van der Waals surface area contributed by atoms with E-state index < -0.39 is 0 Å². The minimum Gasteiger partial charge on any atom is -0.354 e. The van der Waals surface area contributed by atoms with E-state index in [4.69, 9.17) is 0 Å². The molecule has 1 aliphatic carbocycles. The van der Waals surface area contributed by atoms with Gasteiger partial charge in [0.2, 0.25) is 11.8 Å². The summed E-state index contributed by atoms with van der Waals surface area (Å²) in [4.78, 5) is 29.6. The van der Waals surface area contributed by atoms with Crippen LogP contribution in [0.2, 0.25) is 0 Å². The van der Waals surface area contributed by atoms with Crippen LogP contribution in [0.5, 0.6) is 0 Å². The molecule has 0 saturated heterocycles. The van der Waals surface area contributed by atoms with Gasteiger partial charge in [0.25, 0.3) is 0 Å². The van der Waals surface area contributed by atoms with E-state index in [0.29, 0.717) is 19.6 Å². The number of nitrogens with zero attached hydrogens (tertiary/aromatic N) is 2. The van der Waals surface area contributed by atoms with Crippen molar-refractivity contribution in [1.82, 2.24) is 15.2 Å². The fourth-order valence-electron chi connectivity index (χ4n) is 2.88. The lowest BCUT2D eigenvalue weighted by Gasteiger charge is -2.23. The highest BCUT2D eigenvalue weighted by Gasteiger charge is 2.20. The number of amides is 2. The molecule has 1 aliphatic rings. The van der Waals surface area contributed by atoms with E-state index in [2.05, 4.69) is 10.3 Å². The standard InChI is InChI=1S/C17H25N3O2/c1-14(21)20(13-15-6-5-9-18-12-15)11-10-19-17(22)16-7-3-2-4-8-16/h5-6,9,12,16H,2-4,7-8,10-11,13H2,1H3,(H,19,22). The summed E-state index contributed by atoms with van der Waals surface area (Å²) in [7, 11) is 0. The van der Waals surface area contributed by atoms with Crippen LogP contribution in [0.4, 0.5) is 0 Å². The molecule has 2 rings (SSSR count). The molecule has 120 valence electrons. The maximum absolute atomic E-state index is 12.1. The van der Waals surface area contributed by atoms with Gasteiger partial charge in [0.15, 0.2) is 0 Å². The van der Waals surface area contributed by atoms with Crippen molar-refractivity contribution in [3.63, 3.8) is 0 Å². The molecule has 5 nitrogen and oxygen atoms in total. The highest BCUT2D eigenvalue weighted by molar-refractivity contribution is 5.78. The molecule has 1 aromatic rings. The molecule has 0 aliphatic heterocycles. The number of rotatable bonds is 6. The maximum Gasteiger partial charge on any atom is 0.223 e. The van der Waals surface area contributed by atoms with Gasteiger partial charge in [-0.25, -0.2) is 0 Å². The first-order valence-electron chi connectivity index (χ1n) is 8.09. The van der Waals surface area contributed by atoms with Crippen molar-refractivity contribution in [2.75, 3.05) is 13.1 Å². The molecule has 5 heteroatoms. The topological polar surface area (TPSA) is 62.3 Å². The van der Waals surface area contributed by atoms with E-state index in [1.165, 1.54) is 6.42 Å². The van der Waals surface area contributed by atoms with Gasteiger partial charge >= 0.3 is 0 Å². The van der Waals surface area contributed by atoms with Gasteiger partial charge in [-0.3, -0.25) is 14.6 Å². The molecule has 1 N–H and O–H groups in total. The molecule has 0 aromatic carbocycles. The zero-order chi connectivity index (χ0) is 15.8. The first-order chi connectivity index (χ1) is 10.7. The van der Waals surface area contributed by atoms with Crippen LogP contribution in [0.25, 0.3) is 0 Å². The fraction of sp³-hybridized carbons (Fsp3) is 0.588. The highest BCUT2D eigenvalue weighted by Crippen LogP contribution is 2.23. The van der Waals surface area contributed by atoms with Crippen LogP contribution in [-0.4, -0.2) is 34.8 Å². The van der Waals surface area contributed by atoms with E-state index in [9.17, 15) is 9.59 Å². The van der Waals surface area contributed by atoms with Gasteiger partial charge in [0.1, 0.15) is 0 Å². The van der Waals surface area contributed by atoms with Crippen LogP contribution in [0.15, 0.2) is 24.5 Å². The molecule has 0 atom stereocenters. The fourth-order valence-corrected chi connectivity index (χ4v) is 2.88. The first-order valence-corrected chi connectivity index (χ1v) is 8.09. The Morgan fingerprint density at radius 2 is 2.09 bits per heavy atom. The molecule has 1 heterocycles. The minimum atomic E-state index is 0.00997. The Hall–Kier alpha value is -1.91. The van der Waals surface area contributed by atoms with E-state index >= 15 is 0 Å². The maximum atomic E-state index is 12.1. The Balaban J connectivity index is 1.77. The summed E-state index contributed by atoms with van der Waals surface area (Å²) in [5, 5.41) is 2.98. The summed E-state index contributed by atoms with van der Waals surface area (Å²) in [5.41, 5.74) is 0.997. The van der Waals surface area contributed by atoms with E-state index in [-0.39, 0.29) is 17.7 Å². The molecule has 0 bridgehead atoms. The van der Waals surface area contributed by atoms with Crippen LogP contribution in [0.1, 0.15) is 44.6 Å². The second kappa shape index (κ2) is 8.51. The summed E-state index contributed by atoms with van der Waals surface area (Å²) >= 11 is 0. The number of carbonyl (C=O) groups is 2. The van der Waals surface area contributed by atoms with Gasteiger partial charge in [-0.1, -0.05) is 25.3 Å².